The van der Waals surface area contributed by atoms with Gasteiger partial charge in [-0.1, -0.05) is 23.7 Å². The Labute approximate surface area is 194 Å². The Kier molecular flexibility index (Phi) is 7.20. The highest BCUT2D eigenvalue weighted by atomic mass is 35.5. The first-order valence-electron chi connectivity index (χ1n) is 9.54. The van der Waals surface area contributed by atoms with Crippen LogP contribution in [0.4, 0.5) is 32.2 Å². The molecule has 3 aromatic rings. The van der Waals surface area contributed by atoms with Crippen LogP contribution in [-0.4, -0.2) is 22.1 Å². The van der Waals surface area contributed by atoms with Crippen LogP contribution < -0.4 is 10.6 Å². The maximum Gasteiger partial charge on any atom is 0.432 e. The van der Waals surface area contributed by atoms with Gasteiger partial charge in [-0.2, -0.15) is 31.4 Å². The fraction of sp³-hybridized carbons (Fsp3) is 0.190. The van der Waals surface area contributed by atoms with Gasteiger partial charge in [0.15, 0.2) is 5.82 Å². The molecule has 13 heteroatoms. The second kappa shape index (κ2) is 9.75. The van der Waals surface area contributed by atoms with E-state index in [0.717, 1.165) is 24.3 Å². The molecule has 6 nitrogen and oxygen atoms in total. The van der Waals surface area contributed by atoms with Crippen molar-refractivity contribution in [1.29, 1.82) is 0 Å². The minimum absolute atomic E-state index is 0.125. The number of alkyl halides is 6. The largest absolute Gasteiger partial charge is 0.432 e. The predicted molar refractivity (Wildman–Crippen MR) is 113 cm³/mol. The number of rotatable bonds is 4. The van der Waals surface area contributed by atoms with Crippen LogP contribution in [-0.2, 0) is 12.4 Å². The van der Waals surface area contributed by atoms with Gasteiger partial charge in [0.1, 0.15) is 5.69 Å². The summed E-state index contributed by atoms with van der Waals surface area (Å²) in [6, 6.07) is 10.0. The third-order valence-electron chi connectivity index (χ3n) is 4.51. The maximum absolute atomic E-state index is 12.9. The highest BCUT2D eigenvalue weighted by Gasteiger charge is 2.33. The first-order chi connectivity index (χ1) is 15.8. The van der Waals surface area contributed by atoms with Gasteiger partial charge >= 0.3 is 12.4 Å². The summed E-state index contributed by atoms with van der Waals surface area (Å²) in [5.41, 5.74) is -1.53. The number of carbonyl (C=O) groups excluding carboxylic acids is 1. The molecule has 0 aliphatic heterocycles. The van der Waals surface area contributed by atoms with E-state index in [4.69, 9.17) is 11.6 Å². The normalized spacial score (nSPS) is 13.5. The van der Waals surface area contributed by atoms with Crippen LogP contribution in [0.2, 0.25) is 5.02 Å². The first kappa shape index (κ1) is 25.1. The number of halogens is 7. The number of aromatic nitrogens is 2. The van der Waals surface area contributed by atoms with E-state index in [-0.39, 0.29) is 17.3 Å². The van der Waals surface area contributed by atoms with Crippen molar-refractivity contribution in [3.63, 3.8) is 0 Å². The lowest BCUT2D eigenvalue weighted by Crippen LogP contribution is -2.36. The zero-order chi connectivity index (χ0) is 25.1. The topological polar surface area (TPSA) is 82.2 Å². The van der Waals surface area contributed by atoms with Gasteiger partial charge in [0.05, 0.1) is 11.6 Å². The number of hydrogen-bond donors (Lipinski definition) is 3. The summed E-state index contributed by atoms with van der Waals surface area (Å²) >= 11 is 5.87. The summed E-state index contributed by atoms with van der Waals surface area (Å²) < 4.78 is 76.9. The molecular weight excluding hydrogens is 488 g/mol. The van der Waals surface area contributed by atoms with Gasteiger partial charge in [0, 0.05) is 16.7 Å². The van der Waals surface area contributed by atoms with E-state index in [0.29, 0.717) is 16.7 Å². The van der Waals surface area contributed by atoms with Crippen LogP contribution in [0.1, 0.15) is 40.1 Å². The molecule has 0 fully saturated rings. The van der Waals surface area contributed by atoms with Crippen LogP contribution in [0, 0.1) is 0 Å². The van der Waals surface area contributed by atoms with Crippen LogP contribution in [0.5, 0.6) is 0 Å². The third-order valence-corrected chi connectivity index (χ3v) is 4.76. The molecule has 0 saturated carbocycles. The number of hydrogen-bond acceptors (Lipinski definition) is 3. The number of guanidine groups is 1. The Morgan fingerprint density at radius 3 is 2.15 bits per heavy atom. The Morgan fingerprint density at radius 1 is 1.00 bits per heavy atom. The number of benzene rings is 2. The van der Waals surface area contributed by atoms with Crippen molar-refractivity contribution in [1.82, 2.24) is 15.5 Å². The lowest BCUT2D eigenvalue weighted by atomic mass is 10.1. The smallest absolute Gasteiger partial charge is 0.309 e. The van der Waals surface area contributed by atoms with Crippen LogP contribution in [0.25, 0.3) is 0 Å². The Balaban J connectivity index is 1.86. The van der Waals surface area contributed by atoms with Crippen molar-refractivity contribution in [3.05, 3.63) is 82.0 Å². The molecule has 1 aromatic heterocycles. The summed E-state index contributed by atoms with van der Waals surface area (Å²) in [5, 5.41) is 10.6. The first-order valence-corrected chi connectivity index (χ1v) is 9.92. The van der Waals surface area contributed by atoms with Crippen molar-refractivity contribution in [2.24, 2.45) is 4.99 Å². The molecule has 0 saturated heterocycles. The van der Waals surface area contributed by atoms with Gasteiger partial charge in [0.25, 0.3) is 5.91 Å². The fourth-order valence-corrected chi connectivity index (χ4v) is 2.87. The molecule has 1 amide bonds. The van der Waals surface area contributed by atoms with Crippen molar-refractivity contribution >= 4 is 29.3 Å². The van der Waals surface area contributed by atoms with E-state index in [9.17, 15) is 31.1 Å². The number of aromatic amines is 1. The molecule has 3 N–H and O–H groups in total. The van der Waals surface area contributed by atoms with Crippen molar-refractivity contribution < 1.29 is 31.1 Å². The predicted octanol–water partition coefficient (Wildman–Crippen LogP) is 6.06. The summed E-state index contributed by atoms with van der Waals surface area (Å²) in [6.07, 6.45) is -9.25. The number of amides is 1. The van der Waals surface area contributed by atoms with Crippen molar-refractivity contribution in [3.8, 4) is 0 Å². The number of carbonyl (C=O) groups is 1. The number of nitrogens with zero attached hydrogens (tertiary/aromatic N) is 2. The number of anilines is 1. The molecule has 2 aromatic carbocycles. The zero-order valence-corrected chi connectivity index (χ0v) is 18.0. The SMILES string of the molecule is CC(N=C(NC(=O)c1ccc(C(F)(F)F)cc1)Nc1cc(C(F)(F)F)[nH]n1)c1ccc(Cl)cc1. The fourth-order valence-electron chi connectivity index (χ4n) is 2.75. The van der Waals surface area contributed by atoms with Crippen molar-refractivity contribution in [2.75, 3.05) is 5.32 Å². The quantitative estimate of drug-likeness (QED) is 0.230. The lowest BCUT2D eigenvalue weighted by Gasteiger charge is -2.14. The molecule has 0 radical (unpaired) electrons. The van der Waals surface area contributed by atoms with E-state index in [2.05, 4.69) is 20.7 Å². The summed E-state index contributed by atoms with van der Waals surface area (Å²) in [4.78, 5) is 16.9. The molecule has 1 atom stereocenters. The molecule has 3 rings (SSSR count). The Hall–Kier alpha value is -3.54. The molecule has 1 heterocycles. The summed E-state index contributed by atoms with van der Waals surface area (Å²) in [5.74, 6) is -1.40. The Bertz CT molecular complexity index is 1170. The second-order valence-electron chi connectivity index (χ2n) is 7.02. The van der Waals surface area contributed by atoms with Gasteiger partial charge in [-0.3, -0.25) is 15.2 Å². The van der Waals surface area contributed by atoms with E-state index in [1.807, 2.05) is 5.10 Å². The average molecular weight is 504 g/mol. The van der Waals surface area contributed by atoms with E-state index in [1.54, 1.807) is 31.2 Å². The highest BCUT2D eigenvalue weighted by molar-refractivity contribution is 6.30. The maximum atomic E-state index is 12.9. The molecule has 0 aliphatic carbocycles. The lowest BCUT2D eigenvalue weighted by molar-refractivity contribution is -0.141. The molecule has 34 heavy (non-hydrogen) atoms. The third kappa shape index (κ3) is 6.50. The molecule has 0 bridgehead atoms. The monoisotopic (exact) mass is 503 g/mol. The Morgan fingerprint density at radius 2 is 1.62 bits per heavy atom. The average Bonchev–Trinajstić information content (AvgIpc) is 3.22. The van der Waals surface area contributed by atoms with Crippen molar-refractivity contribution in [2.45, 2.75) is 25.3 Å². The molecule has 180 valence electrons. The van der Waals surface area contributed by atoms with Gasteiger partial charge in [-0.15, -0.1) is 0 Å². The van der Waals surface area contributed by atoms with Crippen LogP contribution in [0.3, 0.4) is 0 Å². The van der Waals surface area contributed by atoms with Gasteiger partial charge < -0.3 is 5.32 Å². The second-order valence-corrected chi connectivity index (χ2v) is 7.46. The van der Waals surface area contributed by atoms with Crippen LogP contribution >= 0.6 is 11.6 Å². The number of nitrogens with one attached hydrogen (secondary N) is 3. The van der Waals surface area contributed by atoms with E-state index >= 15 is 0 Å². The minimum Gasteiger partial charge on any atom is -0.309 e. The number of H-pyrrole nitrogens is 1. The molecule has 0 aliphatic rings. The van der Waals surface area contributed by atoms with E-state index in [1.165, 1.54) is 0 Å². The van der Waals surface area contributed by atoms with Gasteiger partial charge in [0.2, 0.25) is 5.96 Å². The summed E-state index contributed by atoms with van der Waals surface area (Å²) in [6.45, 7) is 1.65. The highest BCUT2D eigenvalue weighted by Crippen LogP contribution is 2.30. The van der Waals surface area contributed by atoms with Gasteiger partial charge in [-0.25, -0.2) is 4.99 Å². The molecular formula is C21H16ClF6N5O. The molecule has 1 unspecified atom stereocenters. The zero-order valence-electron chi connectivity index (χ0n) is 17.2. The van der Waals surface area contributed by atoms with E-state index < -0.39 is 35.6 Å². The summed E-state index contributed by atoms with van der Waals surface area (Å²) in [7, 11) is 0. The standard InChI is InChI=1S/C21H16ClF6N5O/c1-11(12-4-8-15(22)9-5-12)29-19(30-17-10-16(32-33-17)21(26,27)28)31-18(34)13-2-6-14(7-3-13)20(23,24)25/h2-11H,1H3,(H3,29,30,31,32,33,34). The molecule has 0 spiro atoms. The van der Waals surface area contributed by atoms with Gasteiger partial charge in [-0.05, 0) is 48.9 Å². The van der Waals surface area contributed by atoms with Crippen LogP contribution in [0.15, 0.2) is 59.6 Å². The minimum atomic E-state index is -4.68. The number of aliphatic imine (C=N–C) groups is 1.